The summed E-state index contributed by atoms with van der Waals surface area (Å²) < 4.78 is 0. The summed E-state index contributed by atoms with van der Waals surface area (Å²) in [7, 11) is 0. The molecule has 16 heavy (non-hydrogen) atoms. The molecule has 1 aromatic carbocycles. The molecule has 0 radical (unpaired) electrons. The number of rotatable bonds is 3. The van der Waals surface area contributed by atoms with Crippen LogP contribution >= 0.6 is 0 Å². The van der Waals surface area contributed by atoms with Gasteiger partial charge in [0.15, 0.2) is 0 Å². The van der Waals surface area contributed by atoms with Crippen LogP contribution in [0.1, 0.15) is 28.1 Å². The number of aromatic nitrogens is 2. The highest BCUT2D eigenvalue weighted by Gasteiger charge is 2.02. The molecule has 0 fully saturated rings. The van der Waals surface area contributed by atoms with Crippen LogP contribution in [0.4, 0.5) is 0 Å². The molecule has 0 unspecified atom stereocenters. The van der Waals surface area contributed by atoms with Gasteiger partial charge in [0.2, 0.25) is 0 Å². The molecule has 2 heteroatoms. The maximum atomic E-state index is 4.32. The lowest BCUT2D eigenvalue weighted by Gasteiger charge is -2.04. The van der Waals surface area contributed by atoms with Crippen LogP contribution in [0.15, 0.2) is 24.5 Å². The number of aromatic amines is 1. The molecule has 0 aliphatic heterocycles. The molecule has 0 aliphatic rings. The summed E-state index contributed by atoms with van der Waals surface area (Å²) in [6.07, 6.45) is 3.84. The largest absolute Gasteiger partial charge is 0.348 e. The van der Waals surface area contributed by atoms with Gasteiger partial charge in [0.25, 0.3) is 0 Å². The van der Waals surface area contributed by atoms with Crippen LogP contribution in [-0.4, -0.2) is 9.97 Å². The van der Waals surface area contributed by atoms with E-state index in [0.717, 1.165) is 12.8 Å². The SMILES string of the molecule is Cc1ccc(CCc2nc[nH]c2C)cc1C. The van der Waals surface area contributed by atoms with Gasteiger partial charge in [-0.2, -0.15) is 0 Å². The molecule has 84 valence electrons. The minimum Gasteiger partial charge on any atom is -0.348 e. The molecular weight excluding hydrogens is 196 g/mol. The molecule has 2 nitrogen and oxygen atoms in total. The molecule has 0 saturated heterocycles. The first kappa shape index (κ1) is 10.9. The van der Waals surface area contributed by atoms with Crippen molar-refractivity contribution >= 4 is 0 Å². The molecule has 0 amide bonds. The smallest absolute Gasteiger partial charge is 0.0925 e. The fraction of sp³-hybridized carbons (Fsp3) is 0.357. The van der Waals surface area contributed by atoms with E-state index < -0.39 is 0 Å². The summed E-state index contributed by atoms with van der Waals surface area (Å²) in [4.78, 5) is 7.43. The maximum absolute atomic E-state index is 4.32. The number of hydrogen-bond acceptors (Lipinski definition) is 1. The standard InChI is InChI=1S/C14H18N2/c1-10-4-5-13(8-11(10)2)6-7-14-12(3)15-9-16-14/h4-5,8-9H,6-7H2,1-3H3,(H,15,16). The van der Waals surface area contributed by atoms with E-state index in [1.165, 1.54) is 28.1 Å². The molecule has 0 bridgehead atoms. The lowest BCUT2D eigenvalue weighted by atomic mass is 10.0. The van der Waals surface area contributed by atoms with Crippen molar-refractivity contribution < 1.29 is 0 Å². The van der Waals surface area contributed by atoms with Gasteiger partial charge in [-0.1, -0.05) is 18.2 Å². The van der Waals surface area contributed by atoms with E-state index in [1.54, 1.807) is 6.33 Å². The number of aryl methyl sites for hydroxylation is 5. The van der Waals surface area contributed by atoms with E-state index in [2.05, 4.69) is 48.9 Å². The summed E-state index contributed by atoms with van der Waals surface area (Å²) in [6.45, 7) is 6.39. The minimum absolute atomic E-state index is 1.01. The maximum Gasteiger partial charge on any atom is 0.0925 e. The monoisotopic (exact) mass is 214 g/mol. The number of H-pyrrole nitrogens is 1. The molecule has 1 heterocycles. The van der Waals surface area contributed by atoms with Crippen molar-refractivity contribution in [1.29, 1.82) is 0 Å². The second-order valence-electron chi connectivity index (χ2n) is 4.39. The Balaban J connectivity index is 2.05. The van der Waals surface area contributed by atoms with Crippen LogP contribution in [0.5, 0.6) is 0 Å². The second kappa shape index (κ2) is 4.52. The van der Waals surface area contributed by atoms with Crippen molar-refractivity contribution in [2.24, 2.45) is 0 Å². The second-order valence-corrected chi connectivity index (χ2v) is 4.39. The predicted octanol–water partition coefficient (Wildman–Crippen LogP) is 3.12. The van der Waals surface area contributed by atoms with Gasteiger partial charge in [-0.05, 0) is 50.3 Å². The zero-order valence-corrected chi connectivity index (χ0v) is 10.2. The van der Waals surface area contributed by atoms with E-state index in [9.17, 15) is 0 Å². The average Bonchev–Trinajstić information content (AvgIpc) is 2.66. The van der Waals surface area contributed by atoms with Gasteiger partial charge in [0.1, 0.15) is 0 Å². The number of hydrogen-bond donors (Lipinski definition) is 1. The van der Waals surface area contributed by atoms with Gasteiger partial charge in [-0.25, -0.2) is 4.98 Å². The summed E-state index contributed by atoms with van der Waals surface area (Å²) >= 11 is 0. The van der Waals surface area contributed by atoms with E-state index in [0.29, 0.717) is 0 Å². The lowest BCUT2D eigenvalue weighted by Crippen LogP contribution is -1.95. The Morgan fingerprint density at radius 1 is 1.06 bits per heavy atom. The van der Waals surface area contributed by atoms with Crippen LogP contribution in [0, 0.1) is 20.8 Å². The summed E-state index contributed by atoms with van der Waals surface area (Å²) in [5, 5.41) is 0. The molecular formula is C14H18N2. The van der Waals surface area contributed by atoms with Crippen LogP contribution in [0.3, 0.4) is 0 Å². The molecule has 0 aliphatic carbocycles. The third-order valence-corrected chi connectivity index (χ3v) is 3.16. The molecule has 1 N–H and O–H groups in total. The first-order valence-corrected chi connectivity index (χ1v) is 5.72. The van der Waals surface area contributed by atoms with Crippen molar-refractivity contribution in [2.45, 2.75) is 33.6 Å². The highest BCUT2D eigenvalue weighted by Crippen LogP contribution is 2.12. The van der Waals surface area contributed by atoms with Crippen LogP contribution in [0.25, 0.3) is 0 Å². The van der Waals surface area contributed by atoms with Crippen molar-refractivity contribution in [1.82, 2.24) is 9.97 Å². The van der Waals surface area contributed by atoms with E-state index in [1.807, 2.05) is 0 Å². The van der Waals surface area contributed by atoms with Gasteiger partial charge < -0.3 is 4.98 Å². The number of imidazole rings is 1. The predicted molar refractivity (Wildman–Crippen MR) is 66.6 cm³/mol. The lowest BCUT2D eigenvalue weighted by molar-refractivity contribution is 0.911. The highest BCUT2D eigenvalue weighted by atomic mass is 14.9. The van der Waals surface area contributed by atoms with Crippen LogP contribution in [0.2, 0.25) is 0 Å². The molecule has 2 aromatic rings. The topological polar surface area (TPSA) is 28.7 Å². The minimum atomic E-state index is 1.01. The summed E-state index contributed by atoms with van der Waals surface area (Å²) in [6, 6.07) is 6.68. The average molecular weight is 214 g/mol. The first-order valence-electron chi connectivity index (χ1n) is 5.72. The molecule has 0 saturated carbocycles. The van der Waals surface area contributed by atoms with Gasteiger partial charge in [0.05, 0.1) is 12.0 Å². The Morgan fingerprint density at radius 3 is 2.50 bits per heavy atom. The van der Waals surface area contributed by atoms with Gasteiger partial charge in [-0.3, -0.25) is 0 Å². The Hall–Kier alpha value is -1.57. The van der Waals surface area contributed by atoms with Crippen molar-refractivity contribution in [3.8, 4) is 0 Å². The van der Waals surface area contributed by atoms with Gasteiger partial charge >= 0.3 is 0 Å². The Morgan fingerprint density at radius 2 is 1.88 bits per heavy atom. The summed E-state index contributed by atoms with van der Waals surface area (Å²) in [5.74, 6) is 0. The Bertz CT molecular complexity index is 483. The van der Waals surface area contributed by atoms with Gasteiger partial charge in [-0.15, -0.1) is 0 Å². The normalized spacial score (nSPS) is 10.7. The Kier molecular flexibility index (Phi) is 3.09. The van der Waals surface area contributed by atoms with E-state index >= 15 is 0 Å². The first-order chi connectivity index (χ1) is 7.66. The number of benzene rings is 1. The molecule has 2 rings (SSSR count). The van der Waals surface area contributed by atoms with Crippen molar-refractivity contribution in [2.75, 3.05) is 0 Å². The number of nitrogens with one attached hydrogen (secondary N) is 1. The Labute approximate surface area is 96.7 Å². The third kappa shape index (κ3) is 2.32. The fourth-order valence-corrected chi connectivity index (χ4v) is 1.86. The van der Waals surface area contributed by atoms with E-state index in [-0.39, 0.29) is 0 Å². The number of nitrogens with zero attached hydrogens (tertiary/aromatic N) is 1. The zero-order chi connectivity index (χ0) is 11.5. The van der Waals surface area contributed by atoms with E-state index in [4.69, 9.17) is 0 Å². The molecule has 1 aromatic heterocycles. The summed E-state index contributed by atoms with van der Waals surface area (Å²) in [5.41, 5.74) is 6.49. The molecule has 0 atom stereocenters. The van der Waals surface area contributed by atoms with Crippen molar-refractivity contribution in [3.63, 3.8) is 0 Å². The zero-order valence-electron chi connectivity index (χ0n) is 10.2. The van der Waals surface area contributed by atoms with Crippen molar-refractivity contribution in [3.05, 3.63) is 52.6 Å². The fourth-order valence-electron chi connectivity index (χ4n) is 1.86. The molecule has 0 spiro atoms. The van der Waals surface area contributed by atoms with Crippen LogP contribution in [-0.2, 0) is 12.8 Å². The van der Waals surface area contributed by atoms with Crippen LogP contribution < -0.4 is 0 Å². The quantitative estimate of drug-likeness (QED) is 0.835. The van der Waals surface area contributed by atoms with Gasteiger partial charge in [0, 0.05) is 5.69 Å². The third-order valence-electron chi connectivity index (χ3n) is 3.16. The highest BCUT2D eigenvalue weighted by molar-refractivity contribution is 5.30.